The van der Waals surface area contributed by atoms with Gasteiger partial charge >= 0.3 is 0 Å². The average Bonchev–Trinajstić information content (AvgIpc) is 2.88. The Kier molecular flexibility index (Phi) is 2.76. The quantitative estimate of drug-likeness (QED) is 0.685. The second-order valence-corrected chi connectivity index (χ2v) is 5.11. The van der Waals surface area contributed by atoms with Gasteiger partial charge in [-0.3, -0.25) is 9.36 Å². The highest BCUT2D eigenvalue weighted by Gasteiger charge is 2.10. The van der Waals surface area contributed by atoms with Crippen LogP contribution in [0.1, 0.15) is 12.6 Å². The van der Waals surface area contributed by atoms with Crippen LogP contribution < -0.4 is 5.56 Å². The number of fused-ring (bicyclic) bond motifs is 1. The average molecular weight is 255 g/mol. The van der Waals surface area contributed by atoms with Crippen LogP contribution in [0.25, 0.3) is 15.8 Å². The van der Waals surface area contributed by atoms with Crippen LogP contribution in [0.4, 0.5) is 0 Å². The van der Waals surface area contributed by atoms with Crippen molar-refractivity contribution in [1.29, 1.82) is 0 Å². The Balaban J connectivity index is 2.40. The largest absolute Gasteiger partial charge is 0.281 e. The molecule has 1 aromatic carbocycles. The number of pyridine rings is 1. The first-order valence-corrected chi connectivity index (χ1v) is 6.87. The number of nitrogens with zero attached hydrogens (tertiary/aromatic N) is 1. The summed E-state index contributed by atoms with van der Waals surface area (Å²) in [6, 6.07) is 13.8. The SMILES string of the molecule is CCc1cc2sccc2c(=O)n1-c1ccccc1. The van der Waals surface area contributed by atoms with Crippen molar-refractivity contribution < 1.29 is 0 Å². The van der Waals surface area contributed by atoms with E-state index in [1.165, 1.54) is 0 Å². The molecule has 2 heterocycles. The summed E-state index contributed by atoms with van der Waals surface area (Å²) >= 11 is 1.62. The lowest BCUT2D eigenvalue weighted by atomic mass is 10.2. The van der Waals surface area contributed by atoms with Gasteiger partial charge in [0, 0.05) is 16.1 Å². The van der Waals surface area contributed by atoms with E-state index >= 15 is 0 Å². The van der Waals surface area contributed by atoms with Gasteiger partial charge in [-0.2, -0.15) is 0 Å². The van der Waals surface area contributed by atoms with E-state index < -0.39 is 0 Å². The van der Waals surface area contributed by atoms with E-state index in [1.54, 1.807) is 11.3 Å². The minimum Gasteiger partial charge on any atom is -0.281 e. The van der Waals surface area contributed by atoms with Crippen molar-refractivity contribution in [1.82, 2.24) is 4.57 Å². The smallest absolute Gasteiger partial charge is 0.264 e. The lowest BCUT2D eigenvalue weighted by Gasteiger charge is -2.11. The first-order valence-electron chi connectivity index (χ1n) is 5.99. The summed E-state index contributed by atoms with van der Waals surface area (Å²) in [6.07, 6.45) is 0.845. The van der Waals surface area contributed by atoms with Crippen LogP contribution in [0, 0.1) is 0 Å². The lowest BCUT2D eigenvalue weighted by Crippen LogP contribution is -2.21. The molecular formula is C15H13NOS. The van der Waals surface area contributed by atoms with Crippen LogP contribution in [0.3, 0.4) is 0 Å². The molecule has 18 heavy (non-hydrogen) atoms. The van der Waals surface area contributed by atoms with Gasteiger partial charge in [0.15, 0.2) is 0 Å². The minimum atomic E-state index is 0.0804. The van der Waals surface area contributed by atoms with Gasteiger partial charge in [-0.15, -0.1) is 11.3 Å². The molecule has 0 unspecified atom stereocenters. The van der Waals surface area contributed by atoms with Crippen LogP contribution in [0.15, 0.2) is 52.6 Å². The van der Waals surface area contributed by atoms with E-state index in [1.807, 2.05) is 46.3 Å². The maximum Gasteiger partial charge on any atom is 0.264 e. The second-order valence-electron chi connectivity index (χ2n) is 4.16. The minimum absolute atomic E-state index is 0.0804. The second kappa shape index (κ2) is 4.42. The van der Waals surface area contributed by atoms with Gasteiger partial charge in [0.25, 0.3) is 5.56 Å². The number of hydrogen-bond acceptors (Lipinski definition) is 2. The fourth-order valence-corrected chi connectivity index (χ4v) is 3.03. The fourth-order valence-electron chi connectivity index (χ4n) is 2.20. The molecule has 0 saturated carbocycles. The molecule has 0 aliphatic carbocycles. The Morgan fingerprint density at radius 3 is 2.67 bits per heavy atom. The number of hydrogen-bond donors (Lipinski definition) is 0. The van der Waals surface area contributed by atoms with Crippen molar-refractivity contribution in [3.8, 4) is 5.69 Å². The third-order valence-corrected chi connectivity index (χ3v) is 3.95. The molecule has 2 nitrogen and oxygen atoms in total. The Hall–Kier alpha value is -1.87. The van der Waals surface area contributed by atoms with E-state index in [2.05, 4.69) is 13.0 Å². The standard InChI is InChI=1S/C15H13NOS/c1-2-11-10-14-13(8-9-18-14)15(17)16(11)12-6-4-3-5-7-12/h3-10H,2H2,1H3. The van der Waals surface area contributed by atoms with Gasteiger partial charge in [0.1, 0.15) is 0 Å². The summed E-state index contributed by atoms with van der Waals surface area (Å²) in [4.78, 5) is 12.5. The van der Waals surface area contributed by atoms with Gasteiger partial charge in [0.05, 0.1) is 5.39 Å². The third kappa shape index (κ3) is 1.68. The molecule has 0 radical (unpaired) electrons. The molecule has 0 fully saturated rings. The molecule has 0 amide bonds. The van der Waals surface area contributed by atoms with Crippen molar-refractivity contribution >= 4 is 21.4 Å². The summed E-state index contributed by atoms with van der Waals surface area (Å²) in [5.41, 5.74) is 2.07. The molecule has 90 valence electrons. The predicted octanol–water partition coefficient (Wildman–Crippen LogP) is 3.61. The number of rotatable bonds is 2. The number of aryl methyl sites for hydroxylation is 1. The maximum absolute atomic E-state index is 12.5. The molecule has 0 N–H and O–H groups in total. The molecule has 0 saturated heterocycles. The monoisotopic (exact) mass is 255 g/mol. The van der Waals surface area contributed by atoms with Crippen molar-refractivity contribution in [2.24, 2.45) is 0 Å². The van der Waals surface area contributed by atoms with Crippen molar-refractivity contribution in [3.63, 3.8) is 0 Å². The fraction of sp³-hybridized carbons (Fsp3) is 0.133. The van der Waals surface area contributed by atoms with E-state index in [-0.39, 0.29) is 5.56 Å². The summed E-state index contributed by atoms with van der Waals surface area (Å²) in [6.45, 7) is 2.08. The normalized spacial score (nSPS) is 10.9. The maximum atomic E-state index is 12.5. The Morgan fingerprint density at radius 1 is 1.17 bits per heavy atom. The van der Waals surface area contributed by atoms with Gasteiger partial charge in [-0.1, -0.05) is 25.1 Å². The predicted molar refractivity (Wildman–Crippen MR) is 76.8 cm³/mol. The van der Waals surface area contributed by atoms with Gasteiger partial charge in [-0.05, 0) is 36.1 Å². The molecule has 0 bridgehead atoms. The molecule has 0 spiro atoms. The Bertz CT molecular complexity index is 740. The first-order chi connectivity index (χ1) is 8.81. The van der Waals surface area contributed by atoms with Crippen LogP contribution in [-0.4, -0.2) is 4.57 Å². The zero-order chi connectivity index (χ0) is 12.5. The highest BCUT2D eigenvalue weighted by atomic mass is 32.1. The van der Waals surface area contributed by atoms with Crippen LogP contribution in [0.5, 0.6) is 0 Å². The van der Waals surface area contributed by atoms with Crippen molar-refractivity contribution in [3.05, 3.63) is 63.9 Å². The molecule has 0 aliphatic rings. The Labute approximate surface area is 109 Å². The van der Waals surface area contributed by atoms with E-state index in [0.717, 1.165) is 27.9 Å². The van der Waals surface area contributed by atoms with Gasteiger partial charge in [0.2, 0.25) is 0 Å². The third-order valence-electron chi connectivity index (χ3n) is 3.09. The molecule has 0 aliphatic heterocycles. The molecule has 0 atom stereocenters. The molecule has 3 heteroatoms. The number of benzene rings is 1. The molecular weight excluding hydrogens is 242 g/mol. The number of para-hydroxylation sites is 1. The summed E-state index contributed by atoms with van der Waals surface area (Å²) in [5, 5.41) is 2.78. The van der Waals surface area contributed by atoms with Crippen LogP contribution >= 0.6 is 11.3 Å². The Morgan fingerprint density at radius 2 is 1.94 bits per heavy atom. The zero-order valence-corrected chi connectivity index (χ0v) is 10.9. The van der Waals surface area contributed by atoms with Crippen LogP contribution in [0.2, 0.25) is 0 Å². The number of thiophene rings is 1. The topological polar surface area (TPSA) is 22.0 Å². The van der Waals surface area contributed by atoms with Crippen molar-refractivity contribution in [2.75, 3.05) is 0 Å². The van der Waals surface area contributed by atoms with E-state index in [0.29, 0.717) is 0 Å². The summed E-state index contributed by atoms with van der Waals surface area (Å²) in [7, 11) is 0. The van der Waals surface area contributed by atoms with Crippen LogP contribution in [-0.2, 0) is 6.42 Å². The molecule has 2 aromatic heterocycles. The molecule has 3 aromatic rings. The highest BCUT2D eigenvalue weighted by Crippen LogP contribution is 2.21. The summed E-state index contributed by atoms with van der Waals surface area (Å²) in [5.74, 6) is 0. The number of aromatic nitrogens is 1. The lowest BCUT2D eigenvalue weighted by molar-refractivity contribution is 0.890. The zero-order valence-electron chi connectivity index (χ0n) is 10.1. The van der Waals surface area contributed by atoms with Gasteiger partial charge in [-0.25, -0.2) is 0 Å². The van der Waals surface area contributed by atoms with E-state index in [9.17, 15) is 4.79 Å². The first kappa shape index (κ1) is 11.2. The highest BCUT2D eigenvalue weighted by molar-refractivity contribution is 7.17. The van der Waals surface area contributed by atoms with Gasteiger partial charge < -0.3 is 0 Å². The summed E-state index contributed by atoms with van der Waals surface area (Å²) < 4.78 is 2.89. The van der Waals surface area contributed by atoms with E-state index in [4.69, 9.17) is 0 Å². The molecule has 3 rings (SSSR count). The van der Waals surface area contributed by atoms with Crippen molar-refractivity contribution in [2.45, 2.75) is 13.3 Å².